The van der Waals surface area contributed by atoms with E-state index >= 15 is 0 Å². The van der Waals surface area contributed by atoms with Crippen molar-refractivity contribution in [3.05, 3.63) is 41.5 Å². The van der Waals surface area contributed by atoms with E-state index in [-0.39, 0.29) is 41.5 Å². The molecule has 1 aromatic carbocycles. The van der Waals surface area contributed by atoms with Crippen molar-refractivity contribution in [2.75, 3.05) is 6.61 Å². The highest BCUT2D eigenvalue weighted by Gasteiger charge is 2.42. The van der Waals surface area contributed by atoms with Crippen molar-refractivity contribution in [2.45, 2.75) is 78.5 Å². The van der Waals surface area contributed by atoms with Crippen LogP contribution >= 0.6 is 0 Å². The van der Waals surface area contributed by atoms with Crippen LogP contribution in [0.2, 0.25) is 0 Å². The first-order chi connectivity index (χ1) is 15.1. The van der Waals surface area contributed by atoms with E-state index in [2.05, 4.69) is 19.1 Å². The normalized spacial score (nSPS) is 32.2. The predicted molar refractivity (Wildman–Crippen MR) is 124 cm³/mol. The summed E-state index contributed by atoms with van der Waals surface area (Å²) in [6.45, 7) is 12.4. The minimum atomic E-state index is -0.658. The van der Waals surface area contributed by atoms with E-state index in [1.54, 1.807) is 6.07 Å². The topological polar surface area (TPSA) is 74.2 Å². The summed E-state index contributed by atoms with van der Waals surface area (Å²) in [6.07, 6.45) is 8.79. The lowest BCUT2D eigenvalue weighted by Gasteiger charge is -2.23. The number of phenols is 1. The van der Waals surface area contributed by atoms with Gasteiger partial charge in [-0.2, -0.15) is 0 Å². The predicted octanol–water partition coefficient (Wildman–Crippen LogP) is 5.49. The quantitative estimate of drug-likeness (QED) is 0.491. The van der Waals surface area contributed by atoms with Crippen LogP contribution in [-0.4, -0.2) is 41.8 Å². The summed E-state index contributed by atoms with van der Waals surface area (Å²) in [4.78, 5) is 13.0. The molecule has 1 aromatic rings. The van der Waals surface area contributed by atoms with Crippen LogP contribution in [0.4, 0.5) is 0 Å². The van der Waals surface area contributed by atoms with E-state index in [0.29, 0.717) is 24.3 Å². The number of rotatable bonds is 3. The lowest BCUT2D eigenvalue weighted by molar-refractivity contribution is -0.148. The molecule has 32 heavy (non-hydrogen) atoms. The van der Waals surface area contributed by atoms with Gasteiger partial charge in [0.1, 0.15) is 23.2 Å². The molecule has 3 rings (SSSR count). The second-order valence-corrected chi connectivity index (χ2v) is 9.25. The van der Waals surface area contributed by atoms with Crippen LogP contribution in [0.25, 0.3) is 6.08 Å². The van der Waals surface area contributed by atoms with Crippen molar-refractivity contribution in [3.8, 4) is 11.5 Å². The van der Waals surface area contributed by atoms with Crippen LogP contribution in [0.1, 0.15) is 70.3 Å². The minimum absolute atomic E-state index is 0.00795. The third kappa shape index (κ3) is 5.73. The summed E-state index contributed by atoms with van der Waals surface area (Å²) in [5, 5.41) is 10.6. The van der Waals surface area contributed by atoms with Gasteiger partial charge in [-0.05, 0) is 45.2 Å². The maximum atomic E-state index is 13.0. The molecule has 1 saturated heterocycles. The van der Waals surface area contributed by atoms with Crippen LogP contribution in [0.3, 0.4) is 0 Å². The van der Waals surface area contributed by atoms with Gasteiger partial charge in [0.2, 0.25) is 0 Å². The Morgan fingerprint density at radius 2 is 1.84 bits per heavy atom. The Bertz CT molecular complexity index is 871. The van der Waals surface area contributed by atoms with Crippen LogP contribution in [-0.2, 0) is 14.2 Å². The average Bonchev–Trinajstić information content (AvgIpc) is 3.03. The summed E-state index contributed by atoms with van der Waals surface area (Å²) in [5.74, 6) is -0.728. The first kappa shape index (κ1) is 24.3. The Hall–Kier alpha value is -2.31. The van der Waals surface area contributed by atoms with E-state index in [1.807, 2.05) is 46.8 Å². The maximum absolute atomic E-state index is 13.0. The molecule has 0 radical (unpaired) electrons. The Kier molecular flexibility index (Phi) is 7.67. The van der Waals surface area contributed by atoms with Gasteiger partial charge in [0, 0.05) is 17.9 Å². The number of benzene rings is 1. The summed E-state index contributed by atoms with van der Waals surface area (Å²) in [6, 6.07) is 3.23. The van der Waals surface area contributed by atoms with Crippen LogP contribution in [0.15, 0.2) is 30.4 Å². The zero-order valence-electron chi connectivity index (χ0n) is 20.0. The Morgan fingerprint density at radius 3 is 2.56 bits per heavy atom. The molecule has 0 spiro atoms. The van der Waals surface area contributed by atoms with Gasteiger partial charge in [0.25, 0.3) is 0 Å². The molecule has 6 heteroatoms. The number of fused-ring (bicyclic) bond motifs is 2. The van der Waals surface area contributed by atoms with Gasteiger partial charge in [0.15, 0.2) is 5.79 Å². The molecule has 1 fully saturated rings. The zero-order valence-corrected chi connectivity index (χ0v) is 20.0. The minimum Gasteiger partial charge on any atom is -0.507 e. The van der Waals surface area contributed by atoms with Crippen molar-refractivity contribution in [2.24, 2.45) is 11.8 Å². The molecule has 0 aliphatic carbocycles. The van der Waals surface area contributed by atoms with Crippen molar-refractivity contribution in [3.63, 3.8) is 0 Å². The van der Waals surface area contributed by atoms with Crippen molar-refractivity contribution >= 4 is 12.0 Å². The van der Waals surface area contributed by atoms with E-state index < -0.39 is 11.8 Å². The second kappa shape index (κ2) is 10.1. The lowest BCUT2D eigenvalue weighted by atomic mass is 9.94. The lowest BCUT2D eigenvalue weighted by Crippen LogP contribution is -2.29. The van der Waals surface area contributed by atoms with Gasteiger partial charge in [0.05, 0.1) is 18.8 Å². The first-order valence-corrected chi connectivity index (χ1v) is 11.5. The third-order valence-electron chi connectivity index (χ3n) is 5.96. The molecule has 0 amide bonds. The van der Waals surface area contributed by atoms with Crippen molar-refractivity contribution in [1.82, 2.24) is 0 Å². The van der Waals surface area contributed by atoms with Gasteiger partial charge >= 0.3 is 5.97 Å². The molecular weight excluding hydrogens is 408 g/mol. The van der Waals surface area contributed by atoms with Gasteiger partial charge < -0.3 is 24.1 Å². The fourth-order valence-corrected chi connectivity index (χ4v) is 4.05. The Morgan fingerprint density at radius 1 is 1.12 bits per heavy atom. The van der Waals surface area contributed by atoms with E-state index in [0.717, 1.165) is 6.42 Å². The molecule has 0 bridgehead atoms. The Labute approximate surface area is 191 Å². The molecule has 2 aliphatic heterocycles. The molecule has 5 atom stereocenters. The van der Waals surface area contributed by atoms with Crippen molar-refractivity contribution < 1.29 is 28.8 Å². The van der Waals surface area contributed by atoms with Gasteiger partial charge in [-0.1, -0.05) is 45.1 Å². The van der Waals surface area contributed by atoms with Crippen LogP contribution in [0.5, 0.6) is 11.5 Å². The largest absolute Gasteiger partial charge is 0.507 e. The van der Waals surface area contributed by atoms with Gasteiger partial charge in [-0.15, -0.1) is 0 Å². The number of phenolic OH excluding ortho intramolecular Hbond substituents is 1. The standard InChI is InChI=1S/C26H36O6/c1-7-13-29-20-14-19-9-8-10-22-24(32-26(5,6)31-22)17(3)12-11-16(2)18(4)30-25(28)23(19)21(27)15-20/h8-9,11-12,14-18,22,24,27H,7,10,13H2,1-6H3/b9-8+,12-11-/t16-,17?,18+,22+,24?/m1/s1. The number of hydrogen-bond donors (Lipinski definition) is 1. The average molecular weight is 445 g/mol. The van der Waals surface area contributed by atoms with E-state index in [9.17, 15) is 9.90 Å². The summed E-state index contributed by atoms with van der Waals surface area (Å²) < 4.78 is 23.8. The molecule has 176 valence electrons. The van der Waals surface area contributed by atoms with E-state index in [4.69, 9.17) is 18.9 Å². The number of carbonyl (C=O) groups is 1. The van der Waals surface area contributed by atoms with Crippen molar-refractivity contribution in [1.29, 1.82) is 0 Å². The zero-order chi connectivity index (χ0) is 23.5. The second-order valence-electron chi connectivity index (χ2n) is 9.25. The molecule has 0 aromatic heterocycles. The highest BCUT2D eigenvalue weighted by atomic mass is 16.8. The summed E-state index contributed by atoms with van der Waals surface area (Å²) in [5.41, 5.74) is 0.690. The fraction of sp³-hybridized carbons (Fsp3) is 0.577. The molecule has 6 nitrogen and oxygen atoms in total. The number of hydrogen-bond acceptors (Lipinski definition) is 6. The third-order valence-corrected chi connectivity index (χ3v) is 5.96. The molecule has 0 saturated carbocycles. The number of cyclic esters (lactones) is 1. The summed E-state index contributed by atoms with van der Waals surface area (Å²) >= 11 is 0. The van der Waals surface area contributed by atoms with Gasteiger partial charge in [-0.3, -0.25) is 0 Å². The SMILES string of the molecule is CCCOc1cc(O)c2c(c1)/C=C/C[C@@H]1OC(C)(C)OC1C(C)/C=C\[C@@H](C)[C@H](C)OC2=O. The number of aromatic hydroxyl groups is 1. The number of ether oxygens (including phenoxy) is 4. The molecule has 2 unspecified atom stereocenters. The van der Waals surface area contributed by atoms with E-state index in [1.165, 1.54) is 6.07 Å². The maximum Gasteiger partial charge on any atom is 0.342 e. The monoisotopic (exact) mass is 444 g/mol. The van der Waals surface area contributed by atoms with Crippen LogP contribution < -0.4 is 4.74 Å². The summed E-state index contributed by atoms with van der Waals surface area (Å²) in [7, 11) is 0. The molecule has 2 aliphatic rings. The van der Waals surface area contributed by atoms with Crippen LogP contribution in [0, 0.1) is 11.8 Å². The Balaban J connectivity index is 2.01. The first-order valence-electron chi connectivity index (χ1n) is 11.5. The molecular formula is C26H36O6. The number of esters is 1. The smallest absolute Gasteiger partial charge is 0.342 e. The molecule has 2 heterocycles. The number of carbonyl (C=O) groups excluding carboxylic acids is 1. The fourth-order valence-electron chi connectivity index (χ4n) is 4.05. The van der Waals surface area contributed by atoms with Gasteiger partial charge in [-0.25, -0.2) is 4.79 Å². The molecule has 1 N–H and O–H groups in total. The highest BCUT2D eigenvalue weighted by molar-refractivity contribution is 5.97. The highest BCUT2D eigenvalue weighted by Crippen LogP contribution is 2.36.